The van der Waals surface area contributed by atoms with E-state index in [2.05, 4.69) is 5.32 Å². The molecule has 2 aromatic carbocycles. The Morgan fingerprint density at radius 2 is 1.51 bits per heavy atom. The smallest absolute Gasteiger partial charge is 0.369 e. The van der Waals surface area contributed by atoms with Crippen molar-refractivity contribution in [2.45, 2.75) is 50.5 Å². The molecule has 1 heterocycles. The monoisotopic (exact) mass is 577 g/mol. The largest absolute Gasteiger partial charge is 0.389 e. The number of benzene rings is 2. The number of anilines is 2. The van der Waals surface area contributed by atoms with E-state index >= 15 is 0 Å². The molecule has 6 nitrogen and oxygen atoms in total. The van der Waals surface area contributed by atoms with Crippen LogP contribution in [0.5, 0.6) is 0 Å². The Morgan fingerprint density at radius 3 is 2.08 bits per heavy atom. The van der Waals surface area contributed by atoms with Crippen LogP contribution in [0.3, 0.4) is 0 Å². The Kier molecular flexibility index (Phi) is 9.52. The zero-order chi connectivity index (χ0) is 29.0. The van der Waals surface area contributed by atoms with Gasteiger partial charge in [0.05, 0.1) is 6.54 Å². The number of fused-ring (bicyclic) bond motifs is 1. The molecular formula is C26H26ClF6N3O3. The summed E-state index contributed by atoms with van der Waals surface area (Å²) < 4.78 is 77.6. The standard InChI is InChI=1S/C26H26ClF6N3O3/c27-16-5-7-17(8-6-16)36-14-20(22(37)13-15-3-1-2-4-21(15)36)35-24(39)19(10-12-26(31,32)33)18(23(34)38)9-11-25(28,29)30/h1-8,18-20H,9-14H2,(H2,34,38)(H,35,39)/t18-,19+,20-/m0/s1. The van der Waals surface area contributed by atoms with E-state index in [4.69, 9.17) is 17.3 Å². The first-order chi connectivity index (χ1) is 18.1. The van der Waals surface area contributed by atoms with E-state index in [0.717, 1.165) is 0 Å². The van der Waals surface area contributed by atoms with E-state index in [1.807, 2.05) is 0 Å². The van der Waals surface area contributed by atoms with Crippen LogP contribution in [-0.2, 0) is 20.8 Å². The van der Waals surface area contributed by atoms with Crippen LogP contribution in [0.1, 0.15) is 31.2 Å². The molecule has 0 spiro atoms. The summed E-state index contributed by atoms with van der Waals surface area (Å²) >= 11 is 5.99. The predicted molar refractivity (Wildman–Crippen MR) is 132 cm³/mol. The number of nitrogens with one attached hydrogen (secondary N) is 1. The van der Waals surface area contributed by atoms with E-state index in [0.29, 0.717) is 22.0 Å². The number of alkyl halides is 6. The van der Waals surface area contributed by atoms with E-state index in [-0.39, 0.29) is 13.0 Å². The molecule has 3 rings (SSSR count). The molecule has 3 N–H and O–H groups in total. The minimum atomic E-state index is -4.74. The van der Waals surface area contributed by atoms with Gasteiger partial charge in [0.15, 0.2) is 5.78 Å². The van der Waals surface area contributed by atoms with Gasteiger partial charge in [0, 0.05) is 47.5 Å². The molecule has 0 saturated heterocycles. The minimum absolute atomic E-state index is 0.119. The highest BCUT2D eigenvalue weighted by Gasteiger charge is 2.40. The van der Waals surface area contributed by atoms with Gasteiger partial charge < -0.3 is 16.0 Å². The molecule has 0 aliphatic carbocycles. The molecule has 2 aromatic rings. The number of nitrogens with two attached hydrogens (primary N) is 1. The summed E-state index contributed by atoms with van der Waals surface area (Å²) in [7, 11) is 0. The van der Waals surface area contributed by atoms with Crippen LogP contribution in [0.4, 0.5) is 37.7 Å². The molecule has 1 aliphatic rings. The molecule has 0 bridgehead atoms. The number of rotatable bonds is 9. The number of carbonyl (C=O) groups excluding carboxylic acids is 3. The molecule has 212 valence electrons. The van der Waals surface area contributed by atoms with E-state index in [1.165, 1.54) is 0 Å². The number of halogens is 7. The van der Waals surface area contributed by atoms with E-state index < -0.39 is 73.5 Å². The first-order valence-corrected chi connectivity index (χ1v) is 12.4. The van der Waals surface area contributed by atoms with Gasteiger partial charge in [-0.1, -0.05) is 29.8 Å². The number of para-hydroxylation sites is 1. The van der Waals surface area contributed by atoms with Crippen molar-refractivity contribution in [1.29, 1.82) is 0 Å². The van der Waals surface area contributed by atoms with E-state index in [1.54, 1.807) is 53.4 Å². The molecule has 0 fully saturated rings. The third-order valence-electron chi connectivity index (χ3n) is 6.52. The summed E-state index contributed by atoms with van der Waals surface area (Å²) in [6, 6.07) is 12.3. The van der Waals surface area contributed by atoms with Crippen LogP contribution in [-0.4, -0.2) is 42.5 Å². The topological polar surface area (TPSA) is 92.5 Å². The number of primary amides is 1. The Morgan fingerprint density at radius 1 is 0.949 bits per heavy atom. The van der Waals surface area contributed by atoms with Gasteiger partial charge >= 0.3 is 12.4 Å². The molecule has 0 saturated carbocycles. The number of hydrogen-bond acceptors (Lipinski definition) is 4. The van der Waals surface area contributed by atoms with Crippen molar-refractivity contribution in [2.75, 3.05) is 11.4 Å². The maximum Gasteiger partial charge on any atom is 0.389 e. The molecule has 1 aliphatic heterocycles. The molecular weight excluding hydrogens is 552 g/mol. The first-order valence-electron chi connectivity index (χ1n) is 12.0. The highest BCUT2D eigenvalue weighted by Crippen LogP contribution is 2.35. The summed E-state index contributed by atoms with van der Waals surface area (Å²) in [6.07, 6.45) is -14.6. The Bertz CT molecular complexity index is 1190. The lowest BCUT2D eigenvalue weighted by Crippen LogP contribution is -2.51. The van der Waals surface area contributed by atoms with Gasteiger partial charge in [-0.2, -0.15) is 26.3 Å². The summed E-state index contributed by atoms with van der Waals surface area (Å²) in [5.74, 6) is -6.59. The Hall–Kier alpha value is -3.28. The van der Waals surface area contributed by atoms with Gasteiger partial charge in [0.1, 0.15) is 6.04 Å². The van der Waals surface area contributed by atoms with Gasteiger partial charge in [-0.3, -0.25) is 14.4 Å². The normalized spacial score (nSPS) is 17.7. The maximum atomic E-state index is 13.3. The fraction of sp³-hybridized carbons (Fsp3) is 0.423. The summed E-state index contributed by atoms with van der Waals surface area (Å²) in [4.78, 5) is 40.2. The molecule has 13 heteroatoms. The number of amides is 2. The maximum absolute atomic E-state index is 13.3. The lowest BCUT2D eigenvalue weighted by molar-refractivity contribution is -0.152. The second-order valence-electron chi connectivity index (χ2n) is 9.34. The van der Waals surface area contributed by atoms with Gasteiger partial charge in [-0.15, -0.1) is 0 Å². The van der Waals surface area contributed by atoms with Crippen molar-refractivity contribution >= 4 is 40.6 Å². The first kappa shape index (κ1) is 30.3. The molecule has 2 amide bonds. The van der Waals surface area contributed by atoms with Crippen molar-refractivity contribution < 1.29 is 40.7 Å². The molecule has 0 aromatic heterocycles. The zero-order valence-electron chi connectivity index (χ0n) is 20.5. The second kappa shape index (κ2) is 12.3. The number of hydrogen-bond donors (Lipinski definition) is 2. The van der Waals surface area contributed by atoms with E-state index in [9.17, 15) is 40.7 Å². The minimum Gasteiger partial charge on any atom is -0.369 e. The average Bonchev–Trinajstić information content (AvgIpc) is 2.96. The molecule has 0 unspecified atom stereocenters. The van der Waals surface area contributed by atoms with Crippen LogP contribution in [0.25, 0.3) is 0 Å². The highest BCUT2D eigenvalue weighted by molar-refractivity contribution is 6.30. The lowest BCUT2D eigenvalue weighted by atomic mass is 9.83. The number of carbonyl (C=O) groups is 3. The third-order valence-corrected chi connectivity index (χ3v) is 6.77. The van der Waals surface area contributed by atoms with Crippen LogP contribution in [0.2, 0.25) is 5.02 Å². The predicted octanol–water partition coefficient (Wildman–Crippen LogP) is 5.49. The van der Waals surface area contributed by atoms with Gasteiger partial charge in [-0.05, 0) is 48.7 Å². The summed E-state index contributed by atoms with van der Waals surface area (Å²) in [5.41, 5.74) is 7.13. The van der Waals surface area contributed by atoms with Crippen LogP contribution < -0.4 is 16.0 Å². The number of Topliss-reactive ketones (excluding diaryl/α,β-unsaturated/α-hetero) is 1. The summed E-state index contributed by atoms with van der Waals surface area (Å²) in [5, 5.41) is 2.86. The molecule has 0 radical (unpaired) electrons. The van der Waals surface area contributed by atoms with Crippen molar-refractivity contribution in [3.63, 3.8) is 0 Å². The van der Waals surface area contributed by atoms with Crippen LogP contribution >= 0.6 is 11.6 Å². The Labute approximate surface area is 225 Å². The second-order valence-corrected chi connectivity index (χ2v) is 9.78. The van der Waals surface area contributed by atoms with Crippen LogP contribution in [0, 0.1) is 11.8 Å². The third kappa shape index (κ3) is 8.61. The fourth-order valence-corrected chi connectivity index (χ4v) is 4.71. The van der Waals surface area contributed by atoms with Gasteiger partial charge in [-0.25, -0.2) is 0 Å². The summed E-state index contributed by atoms with van der Waals surface area (Å²) in [6.45, 7) is -0.126. The zero-order valence-corrected chi connectivity index (χ0v) is 21.2. The molecule has 3 atom stereocenters. The lowest BCUT2D eigenvalue weighted by Gasteiger charge is -2.30. The SMILES string of the molecule is NC(=O)[C@@H](CCC(F)(F)F)[C@@H](CCC(F)(F)F)C(=O)N[C@H]1CN(c2ccc(Cl)cc2)c2ccccc2CC1=O. The average molecular weight is 578 g/mol. The van der Waals surface area contributed by atoms with Crippen molar-refractivity contribution in [3.8, 4) is 0 Å². The van der Waals surface area contributed by atoms with Crippen molar-refractivity contribution in [3.05, 3.63) is 59.1 Å². The fourth-order valence-electron chi connectivity index (χ4n) is 4.58. The van der Waals surface area contributed by atoms with Crippen LogP contribution in [0.15, 0.2) is 48.5 Å². The quantitative estimate of drug-likeness (QED) is 0.386. The van der Waals surface area contributed by atoms with Gasteiger partial charge in [0.25, 0.3) is 0 Å². The highest BCUT2D eigenvalue weighted by atomic mass is 35.5. The van der Waals surface area contributed by atoms with Crippen molar-refractivity contribution in [1.82, 2.24) is 5.32 Å². The van der Waals surface area contributed by atoms with Gasteiger partial charge in [0.2, 0.25) is 11.8 Å². The number of ketones is 1. The van der Waals surface area contributed by atoms with Crippen molar-refractivity contribution in [2.24, 2.45) is 17.6 Å². The number of nitrogens with zero attached hydrogens (tertiary/aromatic N) is 1. The Balaban J connectivity index is 1.91. The molecule has 39 heavy (non-hydrogen) atoms.